The third-order valence-electron chi connectivity index (χ3n) is 3.01. The topological polar surface area (TPSA) is 88.0 Å². The Morgan fingerprint density at radius 2 is 2.28 bits per heavy atom. The van der Waals surface area contributed by atoms with E-state index >= 15 is 0 Å². The summed E-state index contributed by atoms with van der Waals surface area (Å²) in [4.78, 5) is 19.5. The quantitative estimate of drug-likeness (QED) is 0.624. The Balaban J connectivity index is 2.30. The predicted molar refractivity (Wildman–Crippen MR) is 67.1 cm³/mol. The molecule has 2 N–H and O–H groups in total. The Labute approximate surface area is 105 Å². The van der Waals surface area contributed by atoms with E-state index in [1.165, 1.54) is 19.7 Å². The summed E-state index contributed by atoms with van der Waals surface area (Å²) in [7, 11) is 1.29. The zero-order valence-electron chi connectivity index (χ0n) is 10.5. The summed E-state index contributed by atoms with van der Waals surface area (Å²) in [6.07, 6.45) is 4.87. The summed E-state index contributed by atoms with van der Waals surface area (Å²) in [5.41, 5.74) is 0.989. The van der Waals surface area contributed by atoms with Crippen LogP contribution in [0.5, 0.6) is 0 Å². The average molecular weight is 248 g/mol. The summed E-state index contributed by atoms with van der Waals surface area (Å²) in [6.45, 7) is 1.67. The lowest BCUT2D eigenvalue weighted by Crippen LogP contribution is -2.29. The first kappa shape index (κ1) is 12.5. The van der Waals surface area contributed by atoms with E-state index in [2.05, 4.69) is 20.0 Å². The SMILES string of the molecule is COC(=O)c1ncc(C(C)=N)c(NC2CCC2)n1. The van der Waals surface area contributed by atoms with E-state index in [4.69, 9.17) is 5.41 Å². The molecule has 2 rings (SSSR count). The number of carbonyl (C=O) groups excluding carboxylic acids is 1. The van der Waals surface area contributed by atoms with Gasteiger partial charge in [0.1, 0.15) is 5.82 Å². The monoisotopic (exact) mass is 248 g/mol. The Hall–Kier alpha value is -1.98. The first-order chi connectivity index (χ1) is 8.61. The number of nitrogens with zero attached hydrogens (tertiary/aromatic N) is 2. The van der Waals surface area contributed by atoms with Crippen molar-refractivity contribution >= 4 is 17.5 Å². The average Bonchev–Trinajstić information content (AvgIpc) is 2.32. The lowest BCUT2D eigenvalue weighted by Gasteiger charge is -2.27. The van der Waals surface area contributed by atoms with Gasteiger partial charge in [-0.05, 0) is 26.2 Å². The van der Waals surface area contributed by atoms with Crippen molar-refractivity contribution in [3.05, 3.63) is 17.6 Å². The maximum absolute atomic E-state index is 11.4. The van der Waals surface area contributed by atoms with Gasteiger partial charge in [-0.25, -0.2) is 14.8 Å². The minimum Gasteiger partial charge on any atom is -0.463 e. The van der Waals surface area contributed by atoms with Crippen LogP contribution in [0.4, 0.5) is 5.82 Å². The van der Waals surface area contributed by atoms with Crippen LogP contribution in [-0.2, 0) is 4.74 Å². The van der Waals surface area contributed by atoms with Crippen molar-refractivity contribution in [1.82, 2.24) is 9.97 Å². The molecule has 6 nitrogen and oxygen atoms in total. The lowest BCUT2D eigenvalue weighted by atomic mass is 9.93. The van der Waals surface area contributed by atoms with Gasteiger partial charge >= 0.3 is 5.97 Å². The summed E-state index contributed by atoms with van der Waals surface area (Å²) in [6, 6.07) is 0.378. The maximum atomic E-state index is 11.4. The fraction of sp³-hybridized carbons (Fsp3) is 0.500. The molecule has 0 unspecified atom stereocenters. The minimum absolute atomic E-state index is 0.0179. The molecule has 0 bridgehead atoms. The summed E-state index contributed by atoms with van der Waals surface area (Å²) in [5, 5.41) is 10.9. The Kier molecular flexibility index (Phi) is 3.55. The number of nitrogens with one attached hydrogen (secondary N) is 2. The van der Waals surface area contributed by atoms with Gasteiger partial charge in [-0.3, -0.25) is 0 Å². The molecule has 1 aliphatic rings. The predicted octanol–water partition coefficient (Wildman–Crippen LogP) is 1.62. The molecule has 0 atom stereocenters. The molecule has 1 aromatic heterocycles. The second-order valence-corrected chi connectivity index (χ2v) is 4.34. The van der Waals surface area contributed by atoms with Crippen LogP contribution < -0.4 is 5.32 Å². The number of aromatic nitrogens is 2. The molecule has 0 spiro atoms. The number of esters is 1. The third-order valence-corrected chi connectivity index (χ3v) is 3.01. The first-order valence-electron chi connectivity index (χ1n) is 5.89. The van der Waals surface area contributed by atoms with E-state index in [9.17, 15) is 4.79 Å². The highest BCUT2D eigenvalue weighted by atomic mass is 16.5. The molecule has 0 amide bonds. The van der Waals surface area contributed by atoms with Crippen LogP contribution in [0.1, 0.15) is 42.4 Å². The van der Waals surface area contributed by atoms with E-state index in [0.717, 1.165) is 12.8 Å². The van der Waals surface area contributed by atoms with Crippen LogP contribution in [0, 0.1) is 5.41 Å². The number of methoxy groups -OCH3 is 1. The molecule has 1 saturated carbocycles. The van der Waals surface area contributed by atoms with Crippen molar-refractivity contribution in [3.63, 3.8) is 0 Å². The highest BCUT2D eigenvalue weighted by molar-refractivity contribution is 6.00. The molecule has 0 aromatic carbocycles. The maximum Gasteiger partial charge on any atom is 0.376 e. The van der Waals surface area contributed by atoms with Gasteiger partial charge in [-0.2, -0.15) is 0 Å². The first-order valence-corrected chi connectivity index (χ1v) is 5.89. The van der Waals surface area contributed by atoms with Crippen LogP contribution in [0.15, 0.2) is 6.20 Å². The smallest absolute Gasteiger partial charge is 0.376 e. The molecule has 0 radical (unpaired) electrons. The van der Waals surface area contributed by atoms with Crippen molar-refractivity contribution < 1.29 is 9.53 Å². The van der Waals surface area contributed by atoms with Gasteiger partial charge in [-0.1, -0.05) is 0 Å². The van der Waals surface area contributed by atoms with E-state index in [1.807, 2.05) is 0 Å². The van der Waals surface area contributed by atoms with Crippen molar-refractivity contribution in [2.24, 2.45) is 0 Å². The number of carbonyl (C=O) groups is 1. The molecule has 0 aliphatic heterocycles. The summed E-state index contributed by atoms with van der Waals surface area (Å²) in [5.74, 6) is -0.00670. The van der Waals surface area contributed by atoms with Crippen LogP contribution in [0.3, 0.4) is 0 Å². The Morgan fingerprint density at radius 1 is 1.56 bits per heavy atom. The van der Waals surface area contributed by atoms with Gasteiger partial charge in [-0.15, -0.1) is 0 Å². The molecular formula is C12H16N4O2. The molecule has 1 aromatic rings. The Morgan fingerprint density at radius 3 is 2.78 bits per heavy atom. The fourth-order valence-electron chi connectivity index (χ4n) is 1.70. The second kappa shape index (κ2) is 5.12. The second-order valence-electron chi connectivity index (χ2n) is 4.34. The molecule has 1 aliphatic carbocycles. The number of hydrogen-bond acceptors (Lipinski definition) is 6. The fourth-order valence-corrected chi connectivity index (χ4v) is 1.70. The third kappa shape index (κ3) is 2.47. The van der Waals surface area contributed by atoms with Gasteiger partial charge < -0.3 is 15.5 Å². The van der Waals surface area contributed by atoms with Gasteiger partial charge in [0, 0.05) is 18.0 Å². The Bertz CT molecular complexity index is 483. The number of anilines is 1. The van der Waals surface area contributed by atoms with Gasteiger partial charge in [0.15, 0.2) is 0 Å². The summed E-state index contributed by atoms with van der Waals surface area (Å²) < 4.78 is 4.59. The molecular weight excluding hydrogens is 232 g/mol. The molecule has 96 valence electrons. The minimum atomic E-state index is -0.569. The van der Waals surface area contributed by atoms with E-state index in [-0.39, 0.29) is 5.82 Å². The van der Waals surface area contributed by atoms with Crippen molar-refractivity contribution in [3.8, 4) is 0 Å². The molecule has 6 heteroatoms. The molecule has 0 saturated heterocycles. The number of rotatable bonds is 4. The highest BCUT2D eigenvalue weighted by Gasteiger charge is 2.21. The highest BCUT2D eigenvalue weighted by Crippen LogP contribution is 2.24. The van der Waals surface area contributed by atoms with Crippen LogP contribution in [-0.4, -0.2) is 34.8 Å². The van der Waals surface area contributed by atoms with Crippen molar-refractivity contribution in [2.45, 2.75) is 32.2 Å². The summed E-state index contributed by atoms with van der Waals surface area (Å²) >= 11 is 0. The van der Waals surface area contributed by atoms with Crippen LogP contribution in [0.25, 0.3) is 0 Å². The molecule has 18 heavy (non-hydrogen) atoms. The van der Waals surface area contributed by atoms with Crippen molar-refractivity contribution in [1.29, 1.82) is 5.41 Å². The van der Waals surface area contributed by atoms with Crippen molar-refractivity contribution in [2.75, 3.05) is 12.4 Å². The lowest BCUT2D eigenvalue weighted by molar-refractivity contribution is 0.0587. The molecule has 1 fully saturated rings. The van der Waals surface area contributed by atoms with Gasteiger partial charge in [0.2, 0.25) is 5.82 Å². The zero-order valence-corrected chi connectivity index (χ0v) is 10.5. The van der Waals surface area contributed by atoms with Gasteiger partial charge in [0.05, 0.1) is 12.7 Å². The molecule has 1 heterocycles. The van der Waals surface area contributed by atoms with E-state index in [0.29, 0.717) is 23.1 Å². The van der Waals surface area contributed by atoms with Gasteiger partial charge in [0.25, 0.3) is 0 Å². The standard InChI is InChI=1S/C12H16N4O2/c1-7(13)9-6-14-11(12(17)18-2)16-10(9)15-8-4-3-5-8/h6,8,13H,3-5H2,1-2H3,(H,14,15,16). The normalized spacial score (nSPS) is 14.8. The van der Waals surface area contributed by atoms with Crippen LogP contribution >= 0.6 is 0 Å². The zero-order chi connectivity index (χ0) is 13.1. The largest absolute Gasteiger partial charge is 0.463 e. The van der Waals surface area contributed by atoms with Crippen LogP contribution in [0.2, 0.25) is 0 Å². The van der Waals surface area contributed by atoms with E-state index in [1.54, 1.807) is 6.92 Å². The number of hydrogen-bond donors (Lipinski definition) is 2. The van der Waals surface area contributed by atoms with E-state index < -0.39 is 5.97 Å². The number of ether oxygens (including phenoxy) is 1.